The number of amides is 1. The number of ketones is 1. The molecule has 9 nitrogen and oxygen atoms in total. The van der Waals surface area contributed by atoms with Crippen molar-refractivity contribution in [3.63, 3.8) is 0 Å². The number of nitrogens with zero attached hydrogens (tertiary/aromatic N) is 6. The second kappa shape index (κ2) is 8.19. The number of hydrogen-bond donors (Lipinski definition) is 1. The number of aryl methyl sites for hydroxylation is 1. The highest BCUT2D eigenvalue weighted by Gasteiger charge is 2.27. The number of carbonyl (C=O) groups excluding carboxylic acids is 2. The van der Waals surface area contributed by atoms with Crippen molar-refractivity contribution in [2.75, 3.05) is 36.4 Å². The van der Waals surface area contributed by atoms with E-state index in [1.807, 2.05) is 14.0 Å². The predicted molar refractivity (Wildman–Crippen MR) is 115 cm³/mol. The van der Waals surface area contributed by atoms with Gasteiger partial charge >= 0.3 is 0 Å². The normalized spacial score (nSPS) is 15.9. The summed E-state index contributed by atoms with van der Waals surface area (Å²) in [5.41, 5.74) is 2.15. The number of rotatable bonds is 5. The number of carbonyl (C=O) groups is 2. The van der Waals surface area contributed by atoms with E-state index < -0.39 is 0 Å². The third-order valence-electron chi connectivity index (χ3n) is 5.54. The lowest BCUT2D eigenvalue weighted by atomic mass is 10.0. The molecule has 9 heteroatoms. The summed E-state index contributed by atoms with van der Waals surface area (Å²) in [7, 11) is 1.87. The zero-order valence-corrected chi connectivity index (χ0v) is 17.4. The van der Waals surface area contributed by atoms with Crippen LogP contribution in [0.1, 0.15) is 24.2 Å². The highest BCUT2D eigenvalue weighted by atomic mass is 16.1. The van der Waals surface area contributed by atoms with Crippen LogP contribution in [0.5, 0.6) is 0 Å². The Bertz CT molecular complexity index is 1070. The lowest BCUT2D eigenvalue weighted by Gasteiger charge is -2.38. The minimum atomic E-state index is -0.220. The van der Waals surface area contributed by atoms with Gasteiger partial charge in [0.05, 0.1) is 17.6 Å². The monoisotopic (exact) mass is 407 g/mol. The van der Waals surface area contributed by atoms with Crippen molar-refractivity contribution in [2.24, 2.45) is 7.05 Å². The molecule has 3 aromatic rings. The molecule has 1 aromatic carbocycles. The molecule has 1 aliphatic rings. The van der Waals surface area contributed by atoms with E-state index >= 15 is 0 Å². The van der Waals surface area contributed by atoms with E-state index in [0.717, 1.165) is 43.0 Å². The van der Waals surface area contributed by atoms with Gasteiger partial charge in [-0.1, -0.05) is 0 Å². The molecule has 0 aliphatic carbocycles. The quantitative estimate of drug-likeness (QED) is 0.643. The summed E-state index contributed by atoms with van der Waals surface area (Å²) in [5, 5.41) is 7.94. The number of fused-ring (bicyclic) bond motifs is 1. The van der Waals surface area contributed by atoms with Gasteiger partial charge in [-0.05, 0) is 31.2 Å². The number of anilines is 2. The molecule has 0 spiro atoms. The van der Waals surface area contributed by atoms with Crippen LogP contribution in [0.4, 0.5) is 11.5 Å². The lowest BCUT2D eigenvalue weighted by Crippen LogP contribution is -2.52. The number of aromatic nitrogens is 4. The molecule has 0 bridgehead atoms. The molecule has 156 valence electrons. The average molecular weight is 407 g/mol. The van der Waals surface area contributed by atoms with Gasteiger partial charge in [0.2, 0.25) is 5.91 Å². The second-order valence-electron chi connectivity index (χ2n) is 7.52. The van der Waals surface area contributed by atoms with Crippen LogP contribution in [0.2, 0.25) is 0 Å². The molecule has 1 fully saturated rings. The molecule has 1 aliphatic heterocycles. The molecule has 0 saturated carbocycles. The fourth-order valence-electron chi connectivity index (χ4n) is 3.85. The predicted octanol–water partition coefficient (Wildman–Crippen LogP) is 1.72. The fraction of sp³-hybridized carbons (Fsp3) is 0.381. The van der Waals surface area contributed by atoms with Crippen molar-refractivity contribution in [1.29, 1.82) is 0 Å². The van der Waals surface area contributed by atoms with E-state index in [2.05, 4.69) is 30.2 Å². The van der Waals surface area contributed by atoms with Crippen LogP contribution < -0.4 is 10.2 Å². The molecule has 0 radical (unpaired) electrons. The number of piperazine rings is 1. The first kappa shape index (κ1) is 20.0. The first-order valence-electron chi connectivity index (χ1n) is 9.97. The number of benzene rings is 1. The summed E-state index contributed by atoms with van der Waals surface area (Å²) >= 11 is 0. The van der Waals surface area contributed by atoms with Gasteiger partial charge in [-0.15, -0.1) is 0 Å². The average Bonchev–Trinajstić information content (AvgIpc) is 3.14. The molecule has 30 heavy (non-hydrogen) atoms. The van der Waals surface area contributed by atoms with Crippen LogP contribution in [0.3, 0.4) is 0 Å². The Morgan fingerprint density at radius 3 is 2.43 bits per heavy atom. The largest absolute Gasteiger partial charge is 0.353 e. The molecule has 4 rings (SSSR count). The molecule has 1 saturated heterocycles. The van der Waals surface area contributed by atoms with Crippen molar-refractivity contribution < 1.29 is 9.59 Å². The Morgan fingerprint density at radius 2 is 1.77 bits per heavy atom. The summed E-state index contributed by atoms with van der Waals surface area (Å²) in [5.74, 6) is 0.836. The highest BCUT2D eigenvalue weighted by Crippen LogP contribution is 2.24. The van der Waals surface area contributed by atoms with E-state index in [-0.39, 0.29) is 17.7 Å². The standard InChI is InChI=1S/C21H25N7O2/c1-14(19(30)16-4-6-17(7-5-16)25-15(2)29)27-8-10-28(11-9-27)21-18-12-24-26(3)20(18)22-13-23-21/h4-7,12-14H,8-11H2,1-3H3,(H,25,29)/t14-/m0/s1. The van der Waals surface area contributed by atoms with E-state index in [1.54, 1.807) is 41.5 Å². The zero-order valence-electron chi connectivity index (χ0n) is 17.4. The molecular formula is C21H25N7O2. The first-order chi connectivity index (χ1) is 14.4. The number of hydrogen-bond acceptors (Lipinski definition) is 7. The molecule has 3 heterocycles. The molecule has 0 unspecified atom stereocenters. The molecule has 1 N–H and O–H groups in total. The Labute approximate surface area is 174 Å². The van der Waals surface area contributed by atoms with E-state index in [4.69, 9.17) is 0 Å². The van der Waals surface area contributed by atoms with Gasteiger partial charge in [0, 0.05) is 51.4 Å². The van der Waals surface area contributed by atoms with Crippen LogP contribution in [0.25, 0.3) is 11.0 Å². The minimum Gasteiger partial charge on any atom is -0.353 e. The van der Waals surface area contributed by atoms with Crippen LogP contribution in [-0.2, 0) is 11.8 Å². The van der Waals surface area contributed by atoms with Crippen LogP contribution in [0, 0.1) is 0 Å². The van der Waals surface area contributed by atoms with Crippen molar-refractivity contribution in [1.82, 2.24) is 24.6 Å². The molecule has 1 amide bonds. The maximum atomic E-state index is 12.9. The Morgan fingerprint density at radius 1 is 1.07 bits per heavy atom. The third kappa shape index (κ3) is 3.88. The van der Waals surface area contributed by atoms with Gasteiger partial charge in [-0.25, -0.2) is 9.97 Å². The van der Waals surface area contributed by atoms with E-state index in [1.165, 1.54) is 6.92 Å². The van der Waals surface area contributed by atoms with Crippen molar-refractivity contribution >= 4 is 34.2 Å². The van der Waals surface area contributed by atoms with Crippen LogP contribution >= 0.6 is 0 Å². The number of nitrogens with one attached hydrogen (secondary N) is 1. The maximum absolute atomic E-state index is 12.9. The van der Waals surface area contributed by atoms with Crippen LogP contribution in [0.15, 0.2) is 36.8 Å². The second-order valence-corrected chi connectivity index (χ2v) is 7.52. The SMILES string of the molecule is CC(=O)Nc1ccc(C(=O)[C@H](C)N2CCN(c3ncnc4c3cnn4C)CC2)cc1. The van der Waals surface area contributed by atoms with Gasteiger partial charge in [0.1, 0.15) is 12.1 Å². The van der Waals surface area contributed by atoms with Gasteiger partial charge in [0.15, 0.2) is 11.4 Å². The molecule has 1 atom stereocenters. The number of Topliss-reactive ketones (excluding diaryl/α,β-unsaturated/α-hetero) is 1. The molecule has 2 aromatic heterocycles. The van der Waals surface area contributed by atoms with E-state index in [9.17, 15) is 9.59 Å². The van der Waals surface area contributed by atoms with Crippen molar-refractivity contribution in [3.05, 3.63) is 42.4 Å². The fourth-order valence-corrected chi connectivity index (χ4v) is 3.85. The Hall–Kier alpha value is -3.33. The first-order valence-corrected chi connectivity index (χ1v) is 9.97. The summed E-state index contributed by atoms with van der Waals surface area (Å²) < 4.78 is 1.74. The van der Waals surface area contributed by atoms with Crippen molar-refractivity contribution in [3.8, 4) is 0 Å². The van der Waals surface area contributed by atoms with E-state index in [0.29, 0.717) is 11.3 Å². The van der Waals surface area contributed by atoms with Gasteiger partial charge in [-0.2, -0.15) is 5.10 Å². The molecular weight excluding hydrogens is 382 g/mol. The van der Waals surface area contributed by atoms with Gasteiger partial charge in [-0.3, -0.25) is 19.2 Å². The summed E-state index contributed by atoms with van der Waals surface area (Å²) in [6, 6.07) is 6.82. The smallest absolute Gasteiger partial charge is 0.221 e. The summed E-state index contributed by atoms with van der Waals surface area (Å²) in [6.45, 7) is 6.50. The minimum absolute atomic E-state index is 0.0783. The van der Waals surface area contributed by atoms with Gasteiger partial charge in [0.25, 0.3) is 0 Å². The summed E-state index contributed by atoms with van der Waals surface area (Å²) in [4.78, 5) is 37.3. The third-order valence-corrected chi connectivity index (χ3v) is 5.54. The van der Waals surface area contributed by atoms with Crippen LogP contribution in [-0.4, -0.2) is 68.6 Å². The Balaban J connectivity index is 1.40. The van der Waals surface area contributed by atoms with Gasteiger partial charge < -0.3 is 10.2 Å². The Kier molecular flexibility index (Phi) is 5.45. The zero-order chi connectivity index (χ0) is 21.3. The topological polar surface area (TPSA) is 96.2 Å². The summed E-state index contributed by atoms with van der Waals surface area (Å²) in [6.07, 6.45) is 3.37. The highest BCUT2D eigenvalue weighted by molar-refractivity contribution is 6.00. The maximum Gasteiger partial charge on any atom is 0.221 e. The lowest BCUT2D eigenvalue weighted by molar-refractivity contribution is -0.114. The van der Waals surface area contributed by atoms with Crippen molar-refractivity contribution in [2.45, 2.75) is 19.9 Å².